The van der Waals surface area contributed by atoms with E-state index >= 15 is 0 Å². The van der Waals surface area contributed by atoms with Crippen LogP contribution >= 0.6 is 0 Å². The Kier molecular flexibility index (Phi) is 56.1. The summed E-state index contributed by atoms with van der Waals surface area (Å²) in [6.07, 6.45) is 36.6. The molecule has 0 rings (SSSR count). The summed E-state index contributed by atoms with van der Waals surface area (Å²) in [5, 5.41) is 60.6. The zero-order chi connectivity index (χ0) is 60.0. The number of likely N-dealkylation sites (N-methyl/N-ethyl adjacent to an activating group) is 1. The van der Waals surface area contributed by atoms with Crippen LogP contribution in [0.5, 0.6) is 0 Å². The molecule has 7 N–H and O–H groups in total. The predicted molar refractivity (Wildman–Crippen MR) is 342 cm³/mol. The molecule has 486 valence electrons. The summed E-state index contributed by atoms with van der Waals surface area (Å²) in [5.41, 5.74) is 0. The molecule has 0 radical (unpaired) electrons. The fourth-order valence-electron chi connectivity index (χ4n) is 11.1. The Balaban J connectivity index is 6.68. The summed E-state index contributed by atoms with van der Waals surface area (Å²) in [5.74, 6) is -0.383. The van der Waals surface area contributed by atoms with E-state index in [0.29, 0.717) is 111 Å². The number of amides is 1. The molecule has 0 aromatic heterocycles. The topological polar surface area (TPSA) is 201 Å². The number of nitrogens with zero attached hydrogens (tertiary/aromatic N) is 5. The first-order valence-electron chi connectivity index (χ1n) is 34.2. The van der Waals surface area contributed by atoms with Crippen molar-refractivity contribution in [1.29, 1.82) is 0 Å². The first kappa shape index (κ1) is 80.0. The lowest BCUT2D eigenvalue weighted by Crippen LogP contribution is -2.48. The number of unbranched alkanes of at least 4 members (excludes halogenated alkanes) is 25. The molecule has 0 saturated heterocycles. The van der Waals surface area contributed by atoms with Crippen LogP contribution in [-0.4, -0.2) is 210 Å². The van der Waals surface area contributed by atoms with Gasteiger partial charge < -0.3 is 35.7 Å². The first-order chi connectivity index (χ1) is 39.0. The Bertz CT molecular complexity index is 1350. The monoisotopic (exact) mass is 1180 g/mol. The highest BCUT2D eigenvalue weighted by Gasteiger charge is 2.22. The van der Waals surface area contributed by atoms with E-state index in [0.717, 1.165) is 89.9 Å². The minimum atomic E-state index is -4.02. The molecule has 5 atom stereocenters. The molecule has 0 spiro atoms. The van der Waals surface area contributed by atoms with Crippen molar-refractivity contribution in [1.82, 2.24) is 29.8 Å². The van der Waals surface area contributed by atoms with Gasteiger partial charge in [0, 0.05) is 98.0 Å². The van der Waals surface area contributed by atoms with Crippen molar-refractivity contribution in [2.24, 2.45) is 0 Å². The van der Waals surface area contributed by atoms with Crippen LogP contribution in [0.25, 0.3) is 0 Å². The van der Waals surface area contributed by atoms with E-state index in [1.807, 2.05) is 11.9 Å². The Hall–Kier alpha value is -1.02. The molecule has 0 aliphatic heterocycles. The van der Waals surface area contributed by atoms with E-state index < -0.39 is 40.6 Å². The lowest BCUT2D eigenvalue weighted by Gasteiger charge is -2.34. The standard InChI is InChI=1S/C65H136N6O9S/c1-7-12-17-22-27-32-38-60(72)55-69(46-43-65(77)66-44-47-67(6)45-37-54-81(78,79)80)51-48-68(49-52-70(56-61(73)39-33-28-23-18-13-8-2)57-62(74)40-34-29-24-19-14-9-3)50-53-71(58-63(75)41-35-30-25-20-15-10-4)59-64(76)42-36-31-26-21-16-11-5/h60-64,72-76H,7-59H2,1-6H3,(H,66,77)(H,78,79,80). The molecule has 16 heteroatoms. The Morgan fingerprint density at radius 2 is 0.630 bits per heavy atom. The van der Waals surface area contributed by atoms with Crippen molar-refractivity contribution in [3.8, 4) is 0 Å². The third kappa shape index (κ3) is 55.3. The first-order valence-corrected chi connectivity index (χ1v) is 35.9. The molecule has 0 fully saturated rings. The highest BCUT2D eigenvalue weighted by atomic mass is 32.2. The lowest BCUT2D eigenvalue weighted by atomic mass is 10.1. The predicted octanol–water partition coefficient (Wildman–Crippen LogP) is 11.5. The van der Waals surface area contributed by atoms with Gasteiger partial charge in [-0.1, -0.05) is 227 Å². The van der Waals surface area contributed by atoms with Crippen LogP contribution in [0.15, 0.2) is 0 Å². The second kappa shape index (κ2) is 56.8. The minimum Gasteiger partial charge on any atom is -0.392 e. The fraction of sp³-hybridized carbons (Fsp3) is 0.985. The minimum absolute atomic E-state index is 0.0852. The van der Waals surface area contributed by atoms with Gasteiger partial charge in [-0.25, -0.2) is 0 Å². The van der Waals surface area contributed by atoms with Crippen molar-refractivity contribution in [2.45, 2.75) is 303 Å². The second-order valence-corrected chi connectivity index (χ2v) is 26.3. The molecule has 81 heavy (non-hydrogen) atoms. The molecule has 0 aromatic rings. The van der Waals surface area contributed by atoms with Gasteiger partial charge in [0.1, 0.15) is 0 Å². The number of rotatable bonds is 64. The highest BCUT2D eigenvalue weighted by molar-refractivity contribution is 7.85. The van der Waals surface area contributed by atoms with Crippen molar-refractivity contribution in [3.63, 3.8) is 0 Å². The highest BCUT2D eigenvalue weighted by Crippen LogP contribution is 2.16. The largest absolute Gasteiger partial charge is 0.392 e. The number of carbonyl (C=O) groups is 1. The van der Waals surface area contributed by atoms with E-state index in [1.165, 1.54) is 128 Å². The van der Waals surface area contributed by atoms with Crippen LogP contribution in [0.2, 0.25) is 0 Å². The van der Waals surface area contributed by atoms with Crippen molar-refractivity contribution in [2.75, 3.05) is 111 Å². The average molecular weight is 1180 g/mol. The van der Waals surface area contributed by atoms with Crippen molar-refractivity contribution < 1.29 is 43.3 Å². The maximum absolute atomic E-state index is 13.4. The van der Waals surface area contributed by atoms with Gasteiger partial charge in [0.25, 0.3) is 10.1 Å². The maximum Gasteiger partial charge on any atom is 0.264 e. The fourth-order valence-corrected chi connectivity index (χ4v) is 11.6. The van der Waals surface area contributed by atoms with Gasteiger partial charge >= 0.3 is 0 Å². The summed E-state index contributed by atoms with van der Waals surface area (Å²) in [6, 6.07) is 0. The van der Waals surface area contributed by atoms with E-state index in [2.05, 4.69) is 59.5 Å². The number of aliphatic hydroxyl groups is 5. The summed E-state index contributed by atoms with van der Waals surface area (Å²) in [6.45, 7) is 19.5. The lowest BCUT2D eigenvalue weighted by molar-refractivity contribution is -0.121. The molecule has 0 heterocycles. The van der Waals surface area contributed by atoms with Crippen molar-refractivity contribution >= 4 is 16.0 Å². The Labute approximate surface area is 500 Å². The molecule has 0 aromatic carbocycles. The summed E-state index contributed by atoms with van der Waals surface area (Å²) >= 11 is 0. The number of nitrogens with one attached hydrogen (secondary N) is 1. The van der Waals surface area contributed by atoms with Crippen LogP contribution in [0.4, 0.5) is 0 Å². The van der Waals surface area contributed by atoms with Crippen molar-refractivity contribution in [3.05, 3.63) is 0 Å². The maximum atomic E-state index is 13.4. The van der Waals surface area contributed by atoms with Crippen LogP contribution < -0.4 is 5.32 Å². The number of hydrogen-bond acceptors (Lipinski definition) is 13. The molecule has 0 aliphatic carbocycles. The Morgan fingerprint density at radius 3 is 0.938 bits per heavy atom. The van der Waals surface area contributed by atoms with Crippen LogP contribution in [0.1, 0.15) is 272 Å². The molecule has 0 bridgehead atoms. The summed E-state index contributed by atoms with van der Waals surface area (Å²) < 4.78 is 31.5. The molecule has 1 amide bonds. The number of aliphatic hydroxyl groups excluding tert-OH is 5. The zero-order valence-electron chi connectivity index (χ0n) is 53.9. The zero-order valence-corrected chi connectivity index (χ0v) is 54.7. The molecular weight excluding hydrogens is 1040 g/mol. The normalized spacial score (nSPS) is 14.3. The summed E-state index contributed by atoms with van der Waals surface area (Å²) in [7, 11) is -2.16. The van der Waals surface area contributed by atoms with Gasteiger partial charge in [0.05, 0.1) is 36.3 Å². The molecule has 5 unspecified atom stereocenters. The van der Waals surface area contributed by atoms with Gasteiger partial charge in [-0.2, -0.15) is 8.42 Å². The smallest absolute Gasteiger partial charge is 0.264 e. The van der Waals surface area contributed by atoms with Crippen LogP contribution in [-0.2, 0) is 14.9 Å². The third-order valence-electron chi connectivity index (χ3n) is 16.4. The third-order valence-corrected chi connectivity index (χ3v) is 17.2. The van der Waals surface area contributed by atoms with Gasteiger partial charge in [-0.3, -0.25) is 28.9 Å². The van der Waals surface area contributed by atoms with E-state index in [9.17, 15) is 38.7 Å². The molecule has 0 saturated carbocycles. The second-order valence-electron chi connectivity index (χ2n) is 24.8. The SMILES string of the molecule is CCCCCCCCC(O)CN(CCC(=O)NCCN(C)CCCS(=O)(=O)O)CCN(CCN(CC(O)CCCCCCCC)CC(O)CCCCCCCC)CCN(CC(O)CCCCCCCC)CC(O)CCCCCCCC. The summed E-state index contributed by atoms with van der Waals surface area (Å²) in [4.78, 5) is 24.5. The quantitative estimate of drug-likeness (QED) is 0.0224. The van der Waals surface area contributed by atoms with Gasteiger partial charge in [-0.05, 0) is 52.1 Å². The van der Waals surface area contributed by atoms with Gasteiger partial charge in [0.2, 0.25) is 5.91 Å². The van der Waals surface area contributed by atoms with Gasteiger partial charge in [-0.15, -0.1) is 0 Å². The van der Waals surface area contributed by atoms with E-state index in [1.54, 1.807) is 0 Å². The number of carbonyl (C=O) groups excluding carboxylic acids is 1. The molecule has 0 aliphatic rings. The molecule has 15 nitrogen and oxygen atoms in total. The average Bonchev–Trinajstić information content (AvgIpc) is 3.41. The van der Waals surface area contributed by atoms with Crippen LogP contribution in [0, 0.1) is 0 Å². The van der Waals surface area contributed by atoms with Crippen LogP contribution in [0.3, 0.4) is 0 Å². The molecular formula is C65H136N6O9S. The van der Waals surface area contributed by atoms with Gasteiger partial charge in [0.15, 0.2) is 0 Å². The number of hydrogen-bond donors (Lipinski definition) is 7. The van der Waals surface area contributed by atoms with E-state index in [4.69, 9.17) is 4.55 Å². The Morgan fingerprint density at radius 1 is 0.358 bits per heavy atom. The van der Waals surface area contributed by atoms with E-state index in [-0.39, 0.29) is 18.1 Å².